The summed E-state index contributed by atoms with van der Waals surface area (Å²) < 4.78 is 12.7. The molecule has 5 heteroatoms. The molecular formula is C22H22N2O2S. The zero-order chi connectivity index (χ0) is 19.1. The molecule has 0 spiro atoms. The molecule has 3 rings (SSSR count). The predicted molar refractivity (Wildman–Crippen MR) is 111 cm³/mol. The van der Waals surface area contributed by atoms with Gasteiger partial charge in [-0.15, -0.1) is 11.3 Å². The number of ether oxygens (including phenoxy) is 2. The van der Waals surface area contributed by atoms with Crippen LogP contribution in [0.15, 0.2) is 42.5 Å². The van der Waals surface area contributed by atoms with Crippen LogP contribution >= 0.6 is 11.3 Å². The molecule has 138 valence electrons. The zero-order valence-corrected chi connectivity index (χ0v) is 16.4. The highest BCUT2D eigenvalue weighted by molar-refractivity contribution is 7.19. The summed E-state index contributed by atoms with van der Waals surface area (Å²) in [5, 5.41) is 10.4. The SMILES string of the molecule is CCCOc1ccc(C=C(C#N)c2nc3ccccc3s2)c(OCCC)c1. The van der Waals surface area contributed by atoms with Crippen LogP contribution in [0.3, 0.4) is 0 Å². The van der Waals surface area contributed by atoms with Crippen molar-refractivity contribution in [3.8, 4) is 17.6 Å². The van der Waals surface area contributed by atoms with E-state index in [0.29, 0.717) is 23.8 Å². The molecule has 0 aliphatic heterocycles. The fourth-order valence-electron chi connectivity index (χ4n) is 2.57. The van der Waals surface area contributed by atoms with Crippen LogP contribution < -0.4 is 9.47 Å². The third-order valence-corrected chi connectivity index (χ3v) is 4.93. The normalized spacial score (nSPS) is 11.4. The third-order valence-electron chi connectivity index (χ3n) is 3.86. The zero-order valence-electron chi connectivity index (χ0n) is 15.6. The summed E-state index contributed by atoms with van der Waals surface area (Å²) in [4.78, 5) is 4.59. The van der Waals surface area contributed by atoms with E-state index < -0.39 is 0 Å². The highest BCUT2D eigenvalue weighted by Crippen LogP contribution is 2.32. The van der Waals surface area contributed by atoms with Crippen molar-refractivity contribution >= 4 is 33.2 Å². The molecule has 0 atom stereocenters. The lowest BCUT2D eigenvalue weighted by molar-refractivity contribution is 0.301. The van der Waals surface area contributed by atoms with Crippen molar-refractivity contribution in [1.29, 1.82) is 5.26 Å². The molecule has 1 heterocycles. The van der Waals surface area contributed by atoms with Gasteiger partial charge in [-0.2, -0.15) is 5.26 Å². The van der Waals surface area contributed by atoms with Crippen LogP contribution in [0.2, 0.25) is 0 Å². The van der Waals surface area contributed by atoms with Gasteiger partial charge in [0.2, 0.25) is 0 Å². The minimum Gasteiger partial charge on any atom is -0.493 e. The summed E-state index contributed by atoms with van der Waals surface area (Å²) in [6, 6.07) is 15.9. The Hall–Kier alpha value is -2.84. The second kappa shape index (κ2) is 9.20. The number of nitrogens with zero attached hydrogens (tertiary/aromatic N) is 2. The number of rotatable bonds is 8. The molecule has 3 aromatic rings. The molecule has 0 N–H and O–H groups in total. The van der Waals surface area contributed by atoms with Crippen LogP contribution in [0.25, 0.3) is 21.9 Å². The van der Waals surface area contributed by atoms with Crippen LogP contribution in [-0.2, 0) is 0 Å². The van der Waals surface area contributed by atoms with Crippen LogP contribution in [0.5, 0.6) is 11.5 Å². The molecule has 0 aliphatic carbocycles. The molecule has 0 unspecified atom stereocenters. The van der Waals surface area contributed by atoms with Gasteiger partial charge in [-0.1, -0.05) is 26.0 Å². The maximum absolute atomic E-state index is 9.69. The molecule has 0 saturated carbocycles. The average molecular weight is 378 g/mol. The molecule has 4 nitrogen and oxygen atoms in total. The number of para-hydroxylation sites is 1. The van der Waals surface area contributed by atoms with Gasteiger partial charge < -0.3 is 9.47 Å². The summed E-state index contributed by atoms with van der Waals surface area (Å²) in [6.07, 6.45) is 3.70. The summed E-state index contributed by atoms with van der Waals surface area (Å²) in [6.45, 7) is 5.41. The van der Waals surface area contributed by atoms with E-state index in [0.717, 1.165) is 40.1 Å². The van der Waals surface area contributed by atoms with Crippen molar-refractivity contribution in [2.75, 3.05) is 13.2 Å². The largest absolute Gasteiger partial charge is 0.493 e. The highest BCUT2D eigenvalue weighted by atomic mass is 32.1. The molecule has 0 fully saturated rings. The Balaban J connectivity index is 1.97. The number of nitriles is 1. The van der Waals surface area contributed by atoms with Crippen molar-refractivity contribution < 1.29 is 9.47 Å². The number of thiazole rings is 1. The summed E-state index contributed by atoms with van der Waals surface area (Å²) in [5.41, 5.74) is 2.28. The minimum absolute atomic E-state index is 0.528. The summed E-state index contributed by atoms with van der Waals surface area (Å²) in [7, 11) is 0. The Morgan fingerprint density at radius 3 is 2.63 bits per heavy atom. The van der Waals surface area contributed by atoms with E-state index in [1.165, 1.54) is 11.3 Å². The summed E-state index contributed by atoms with van der Waals surface area (Å²) >= 11 is 1.52. The van der Waals surface area contributed by atoms with E-state index in [2.05, 4.69) is 24.9 Å². The number of fused-ring (bicyclic) bond motifs is 1. The van der Waals surface area contributed by atoms with E-state index >= 15 is 0 Å². The molecule has 0 saturated heterocycles. The van der Waals surface area contributed by atoms with Crippen LogP contribution in [0, 0.1) is 11.3 Å². The molecule has 0 amide bonds. The topological polar surface area (TPSA) is 55.1 Å². The lowest BCUT2D eigenvalue weighted by atomic mass is 10.1. The Labute approximate surface area is 163 Å². The number of benzene rings is 2. The van der Waals surface area contributed by atoms with Gasteiger partial charge in [0, 0.05) is 11.6 Å². The summed E-state index contributed by atoms with van der Waals surface area (Å²) in [5.74, 6) is 1.50. The number of hydrogen-bond acceptors (Lipinski definition) is 5. The molecule has 0 radical (unpaired) electrons. The van der Waals surface area contributed by atoms with Crippen molar-refractivity contribution in [2.45, 2.75) is 26.7 Å². The van der Waals surface area contributed by atoms with Gasteiger partial charge in [0.1, 0.15) is 22.6 Å². The van der Waals surface area contributed by atoms with Gasteiger partial charge in [0.05, 0.1) is 29.0 Å². The predicted octanol–water partition coefficient (Wildman–Crippen LogP) is 5.94. The molecule has 2 aromatic carbocycles. The van der Waals surface area contributed by atoms with Gasteiger partial charge in [0.25, 0.3) is 0 Å². The Bertz CT molecular complexity index is 952. The van der Waals surface area contributed by atoms with Gasteiger partial charge in [-0.25, -0.2) is 4.98 Å². The second-order valence-corrected chi connectivity index (χ2v) is 7.08. The first-order valence-electron chi connectivity index (χ1n) is 9.12. The fraction of sp³-hybridized carbons (Fsp3) is 0.273. The van der Waals surface area contributed by atoms with Gasteiger partial charge in [0.15, 0.2) is 0 Å². The lowest BCUT2D eigenvalue weighted by Gasteiger charge is -2.12. The quantitative estimate of drug-likeness (QED) is 0.455. The minimum atomic E-state index is 0.528. The van der Waals surface area contributed by atoms with Crippen LogP contribution in [-0.4, -0.2) is 18.2 Å². The van der Waals surface area contributed by atoms with Crippen molar-refractivity contribution in [3.05, 3.63) is 53.0 Å². The highest BCUT2D eigenvalue weighted by Gasteiger charge is 2.11. The average Bonchev–Trinajstić information content (AvgIpc) is 3.13. The van der Waals surface area contributed by atoms with E-state index in [1.807, 2.05) is 48.5 Å². The number of allylic oxidation sites excluding steroid dienone is 1. The first-order valence-corrected chi connectivity index (χ1v) is 9.94. The molecular weight excluding hydrogens is 356 g/mol. The van der Waals surface area contributed by atoms with Gasteiger partial charge in [-0.05, 0) is 43.2 Å². The molecule has 0 bridgehead atoms. The van der Waals surface area contributed by atoms with Gasteiger partial charge in [-0.3, -0.25) is 0 Å². The maximum atomic E-state index is 9.69. The first kappa shape index (κ1) is 18.9. The molecule has 27 heavy (non-hydrogen) atoms. The molecule has 1 aromatic heterocycles. The van der Waals surface area contributed by atoms with Crippen molar-refractivity contribution in [2.24, 2.45) is 0 Å². The van der Waals surface area contributed by atoms with E-state index in [4.69, 9.17) is 9.47 Å². The van der Waals surface area contributed by atoms with E-state index in [1.54, 1.807) is 0 Å². The molecule has 0 aliphatic rings. The lowest BCUT2D eigenvalue weighted by Crippen LogP contribution is -2.00. The first-order chi connectivity index (χ1) is 13.2. The number of aromatic nitrogens is 1. The standard InChI is InChI=1S/C22H22N2O2S/c1-3-11-25-18-10-9-16(20(14-18)26-12-4-2)13-17(15-23)22-24-19-7-5-6-8-21(19)27-22/h5-10,13-14H,3-4,11-12H2,1-2H3. The Morgan fingerprint density at radius 2 is 1.89 bits per heavy atom. The van der Waals surface area contributed by atoms with Gasteiger partial charge >= 0.3 is 0 Å². The van der Waals surface area contributed by atoms with Crippen molar-refractivity contribution in [1.82, 2.24) is 4.98 Å². The smallest absolute Gasteiger partial charge is 0.135 e. The maximum Gasteiger partial charge on any atom is 0.135 e. The van der Waals surface area contributed by atoms with Crippen LogP contribution in [0.4, 0.5) is 0 Å². The second-order valence-electron chi connectivity index (χ2n) is 6.05. The Kier molecular flexibility index (Phi) is 6.45. The Morgan fingerprint density at radius 1 is 1.11 bits per heavy atom. The third kappa shape index (κ3) is 4.66. The number of hydrogen-bond donors (Lipinski definition) is 0. The van der Waals surface area contributed by atoms with E-state index in [-0.39, 0.29) is 0 Å². The van der Waals surface area contributed by atoms with E-state index in [9.17, 15) is 5.26 Å². The monoisotopic (exact) mass is 378 g/mol. The fourth-order valence-corrected chi connectivity index (χ4v) is 3.50. The van der Waals surface area contributed by atoms with Crippen molar-refractivity contribution in [3.63, 3.8) is 0 Å². The van der Waals surface area contributed by atoms with Crippen LogP contribution in [0.1, 0.15) is 37.3 Å².